The molecule has 0 radical (unpaired) electrons. The molecule has 0 aromatic heterocycles. The van der Waals surface area contributed by atoms with E-state index in [1.165, 1.54) is 0 Å². The van der Waals surface area contributed by atoms with E-state index in [2.05, 4.69) is 0 Å². The van der Waals surface area contributed by atoms with Crippen molar-refractivity contribution in [1.29, 1.82) is 0 Å². The molecular weight excluding hydrogens is 173 g/mol. The van der Waals surface area contributed by atoms with Crippen molar-refractivity contribution in [2.75, 3.05) is 0 Å². The topological polar surface area (TPSA) is 35.0 Å². The Balaban J connectivity index is 0. The van der Waals surface area contributed by atoms with Crippen LogP contribution in [0.4, 0.5) is 14.1 Å². The van der Waals surface area contributed by atoms with Crippen LogP contribution in [0.15, 0.2) is 0 Å². The van der Waals surface area contributed by atoms with Crippen LogP contribution >= 0.6 is 0 Å². The van der Waals surface area contributed by atoms with Gasteiger partial charge < -0.3 is 20.3 Å². The summed E-state index contributed by atoms with van der Waals surface area (Å²) in [6, 6.07) is 0. The Hall–Kier alpha value is 0.410. The first-order valence-electron chi connectivity index (χ1n) is 0. The summed E-state index contributed by atoms with van der Waals surface area (Å²) in [7, 11) is 0. The number of rotatable bonds is 0. The van der Waals surface area contributed by atoms with Crippen LogP contribution in [0.1, 0.15) is 0 Å². The Kier molecular flexibility index (Phi) is 621000. The third kappa shape index (κ3) is 1120. The van der Waals surface area contributed by atoms with Crippen molar-refractivity contribution in [3.63, 3.8) is 0 Å². The molecule has 8 heteroatoms. The molecule has 0 saturated carbocycles. The normalized spacial score (nSPS) is 0. The number of hydrogen-bond donors (Lipinski definition) is 1. The minimum atomic E-state index is 0. The van der Waals surface area contributed by atoms with Gasteiger partial charge in [0.1, 0.15) is 0 Å². The largest absolute Gasteiger partial charge is 3.00 e. The molecule has 0 bridgehead atoms. The third-order valence-corrected chi connectivity index (χ3v) is 0. The maximum Gasteiger partial charge on any atom is 3.00 e. The molecule has 0 aliphatic carbocycles. The Morgan fingerprint density at radius 3 is 0.500 bits per heavy atom. The Morgan fingerprint density at radius 1 is 0.500 bits per heavy atom. The van der Waals surface area contributed by atoms with Crippen LogP contribution < -0.4 is 20.3 Å². The Morgan fingerprint density at radius 2 is 0.500 bits per heavy atom. The molecule has 0 aliphatic heterocycles. The van der Waals surface area contributed by atoms with Gasteiger partial charge in [-0.3, -0.25) is 14.1 Å². The van der Waals surface area contributed by atoms with E-state index in [-0.39, 0.29) is 60.2 Å². The standard InChI is InChI=1S/6FH.H3N.Sc/h6*1H;1H3;/q;;;;;;;+3/p-3. The minimum absolute atomic E-state index is 0. The van der Waals surface area contributed by atoms with Crippen molar-refractivity contribution in [2.24, 2.45) is 0 Å². The summed E-state index contributed by atoms with van der Waals surface area (Å²) in [6.07, 6.45) is 0. The quantitative estimate of drug-likeness (QED) is 0.368. The second-order valence-electron chi connectivity index (χ2n) is 0. The molecule has 0 heterocycles. The molecule has 0 atom stereocenters. The first-order valence-corrected chi connectivity index (χ1v) is 0. The van der Waals surface area contributed by atoms with Crippen LogP contribution in [0, 0.1) is 0 Å². The molecule has 0 amide bonds. The second-order valence-corrected chi connectivity index (χ2v) is 0. The molecule has 0 unspecified atom stereocenters. The Labute approximate surface area is 60.8 Å². The van der Waals surface area contributed by atoms with Crippen LogP contribution in [0.3, 0.4) is 0 Å². The zero-order chi connectivity index (χ0) is 0. The van der Waals surface area contributed by atoms with E-state index in [1.807, 2.05) is 0 Å². The van der Waals surface area contributed by atoms with E-state index in [1.54, 1.807) is 0 Å². The van der Waals surface area contributed by atoms with Crippen molar-refractivity contribution >= 4 is 0 Å². The predicted octanol–water partition coefficient (Wildman–Crippen LogP) is -8.37. The van der Waals surface area contributed by atoms with E-state index in [4.69, 9.17) is 0 Å². The average Bonchev–Trinajstić information content (AvgIpc) is 0. The summed E-state index contributed by atoms with van der Waals surface area (Å²) >= 11 is 0. The molecule has 8 heavy (non-hydrogen) atoms. The zero-order valence-electron chi connectivity index (χ0n) is 3.64. The molecule has 0 rings (SSSR count). The van der Waals surface area contributed by atoms with E-state index in [0.717, 1.165) is 0 Å². The van der Waals surface area contributed by atoms with Crippen molar-refractivity contribution in [3.8, 4) is 0 Å². The van der Waals surface area contributed by atoms with Gasteiger partial charge in [-0.15, -0.1) is 0 Å². The average molecular weight is 179 g/mol. The maximum atomic E-state index is 0. The van der Waals surface area contributed by atoms with Gasteiger partial charge in [0.05, 0.1) is 0 Å². The fraction of sp³-hybridized carbons (Fsp3) is 0. The molecule has 0 spiro atoms. The summed E-state index contributed by atoms with van der Waals surface area (Å²) in [6.45, 7) is 0. The first-order chi connectivity index (χ1) is 0. The fourth-order valence-corrected chi connectivity index (χ4v) is 0. The molecule has 0 fully saturated rings. The monoisotopic (exact) mass is 179 g/mol. The Bertz CT molecular complexity index is 8.49. The van der Waals surface area contributed by atoms with E-state index in [9.17, 15) is 0 Å². The second kappa shape index (κ2) is 1810. The fourth-order valence-electron chi connectivity index (χ4n) is 0. The maximum absolute atomic E-state index is 0. The SMILES string of the molecule is F.F.F.N.[F-].[F-].[F-].[Sc+3]. The van der Waals surface area contributed by atoms with E-state index in [0.29, 0.717) is 0 Å². The third-order valence-electron chi connectivity index (χ3n) is 0. The van der Waals surface area contributed by atoms with Crippen molar-refractivity contribution < 1.29 is 54.1 Å². The van der Waals surface area contributed by atoms with Crippen molar-refractivity contribution in [1.82, 2.24) is 6.15 Å². The van der Waals surface area contributed by atoms with Crippen LogP contribution in [0.5, 0.6) is 0 Å². The summed E-state index contributed by atoms with van der Waals surface area (Å²) in [5, 5.41) is 0. The van der Waals surface area contributed by atoms with Gasteiger partial charge in [0.15, 0.2) is 0 Å². The minimum Gasteiger partial charge on any atom is -1.00 e. The van der Waals surface area contributed by atoms with Crippen LogP contribution in [-0.4, -0.2) is 0 Å². The van der Waals surface area contributed by atoms with Crippen LogP contribution in [0.2, 0.25) is 0 Å². The molecule has 0 aromatic rings. The van der Waals surface area contributed by atoms with Gasteiger partial charge in [0, 0.05) is 0 Å². The number of halogens is 6. The van der Waals surface area contributed by atoms with Gasteiger partial charge >= 0.3 is 25.8 Å². The molecule has 1 nitrogen and oxygen atoms in total. The molecule has 3 N–H and O–H groups in total. The van der Waals surface area contributed by atoms with Gasteiger partial charge in [0.25, 0.3) is 0 Å². The van der Waals surface area contributed by atoms with Crippen molar-refractivity contribution in [2.45, 2.75) is 0 Å². The summed E-state index contributed by atoms with van der Waals surface area (Å²) in [5.74, 6) is 0. The van der Waals surface area contributed by atoms with Crippen molar-refractivity contribution in [3.05, 3.63) is 0 Å². The van der Waals surface area contributed by atoms with Crippen LogP contribution in [-0.2, 0) is 25.8 Å². The molecule has 0 aromatic carbocycles. The molecular formula is H6F6NSc. The van der Waals surface area contributed by atoms with Gasteiger partial charge in [-0.1, -0.05) is 0 Å². The molecule has 0 saturated heterocycles. The van der Waals surface area contributed by atoms with Gasteiger partial charge in [-0.05, 0) is 0 Å². The zero-order valence-corrected chi connectivity index (χ0v) is 5.45. The summed E-state index contributed by atoms with van der Waals surface area (Å²) in [4.78, 5) is 0. The van der Waals surface area contributed by atoms with E-state index < -0.39 is 0 Å². The van der Waals surface area contributed by atoms with Gasteiger partial charge in [-0.25, -0.2) is 0 Å². The molecule has 56 valence electrons. The van der Waals surface area contributed by atoms with Gasteiger partial charge in [-0.2, -0.15) is 0 Å². The van der Waals surface area contributed by atoms with Crippen LogP contribution in [0.25, 0.3) is 0 Å². The van der Waals surface area contributed by atoms with E-state index >= 15 is 0 Å². The first kappa shape index (κ1) is 2750. The van der Waals surface area contributed by atoms with Gasteiger partial charge in [0.2, 0.25) is 0 Å². The summed E-state index contributed by atoms with van der Waals surface area (Å²) in [5.41, 5.74) is 0. The molecule has 0 aliphatic rings. The summed E-state index contributed by atoms with van der Waals surface area (Å²) < 4.78 is 0. The number of hydrogen-bond acceptors (Lipinski definition) is 1. The predicted molar refractivity (Wildman–Crippen MR) is 12.5 cm³/mol. The smallest absolute Gasteiger partial charge is 1.00 e.